The molecular formula is C14H24N2O2. The third-order valence-corrected chi connectivity index (χ3v) is 5.04. The Morgan fingerprint density at radius 2 is 1.94 bits per heavy atom. The molecule has 0 aromatic rings. The van der Waals surface area contributed by atoms with Crippen molar-refractivity contribution in [1.82, 2.24) is 9.80 Å². The molecule has 2 atom stereocenters. The molecule has 2 unspecified atom stereocenters. The van der Waals surface area contributed by atoms with E-state index in [1.807, 2.05) is 6.92 Å². The maximum absolute atomic E-state index is 12.1. The molecule has 18 heavy (non-hydrogen) atoms. The van der Waals surface area contributed by atoms with Crippen LogP contribution in [0.3, 0.4) is 0 Å². The molecule has 3 rings (SSSR count). The quantitative estimate of drug-likeness (QED) is 0.757. The van der Waals surface area contributed by atoms with Crippen LogP contribution in [0.2, 0.25) is 0 Å². The Morgan fingerprint density at radius 3 is 2.67 bits per heavy atom. The summed E-state index contributed by atoms with van der Waals surface area (Å²) in [6.07, 6.45) is 5.89. The molecule has 3 aliphatic heterocycles. The zero-order valence-electron chi connectivity index (χ0n) is 11.3. The van der Waals surface area contributed by atoms with Crippen LogP contribution in [0, 0.1) is 0 Å². The molecule has 0 bridgehead atoms. The van der Waals surface area contributed by atoms with Gasteiger partial charge in [0.25, 0.3) is 0 Å². The highest BCUT2D eigenvalue weighted by molar-refractivity contribution is 5.78. The molecule has 0 aromatic carbocycles. The molecule has 0 aliphatic carbocycles. The van der Waals surface area contributed by atoms with Gasteiger partial charge in [-0.3, -0.25) is 9.69 Å². The molecule has 0 saturated carbocycles. The molecule has 3 aliphatic rings. The summed E-state index contributed by atoms with van der Waals surface area (Å²) < 4.78 is 0. The minimum atomic E-state index is -0.491. The molecule has 4 nitrogen and oxygen atoms in total. The number of piperidine rings is 2. The highest BCUT2D eigenvalue weighted by Gasteiger charge is 2.40. The Hall–Kier alpha value is -0.610. The van der Waals surface area contributed by atoms with Crippen molar-refractivity contribution in [3.8, 4) is 0 Å². The standard InChI is InChI=1S/C14H24N2O2/c1-14(18)4-7-15(8-5-14)12-9-11-3-2-6-16(11)13(17)10-12/h11-12,18H,2-10H2,1H3. The first-order valence-electron chi connectivity index (χ1n) is 7.31. The van der Waals surface area contributed by atoms with Crippen LogP contribution in [-0.4, -0.2) is 58.1 Å². The Morgan fingerprint density at radius 1 is 1.22 bits per heavy atom. The topological polar surface area (TPSA) is 43.8 Å². The van der Waals surface area contributed by atoms with Crippen molar-refractivity contribution in [1.29, 1.82) is 0 Å². The van der Waals surface area contributed by atoms with E-state index < -0.39 is 5.60 Å². The summed E-state index contributed by atoms with van der Waals surface area (Å²) in [6, 6.07) is 0.923. The summed E-state index contributed by atoms with van der Waals surface area (Å²) >= 11 is 0. The normalized spacial score (nSPS) is 36.8. The number of carbonyl (C=O) groups is 1. The molecule has 3 heterocycles. The van der Waals surface area contributed by atoms with Crippen LogP contribution in [-0.2, 0) is 4.79 Å². The summed E-state index contributed by atoms with van der Waals surface area (Å²) in [6.45, 7) is 4.79. The van der Waals surface area contributed by atoms with E-state index in [1.165, 1.54) is 12.8 Å². The molecule has 3 saturated heterocycles. The predicted octanol–water partition coefficient (Wildman–Crippen LogP) is 0.987. The van der Waals surface area contributed by atoms with E-state index in [0.717, 1.165) is 38.9 Å². The van der Waals surface area contributed by atoms with Gasteiger partial charge in [-0.2, -0.15) is 0 Å². The lowest BCUT2D eigenvalue weighted by molar-refractivity contribution is -0.138. The SMILES string of the molecule is CC1(O)CCN(C2CC(=O)N3CCCC3C2)CC1. The second kappa shape index (κ2) is 4.49. The minimum absolute atomic E-state index is 0.353. The Labute approximate surface area is 109 Å². The van der Waals surface area contributed by atoms with Crippen molar-refractivity contribution >= 4 is 5.91 Å². The molecule has 0 radical (unpaired) electrons. The van der Waals surface area contributed by atoms with E-state index in [-0.39, 0.29) is 0 Å². The molecule has 102 valence electrons. The smallest absolute Gasteiger partial charge is 0.224 e. The van der Waals surface area contributed by atoms with Gasteiger partial charge in [-0.1, -0.05) is 0 Å². The Balaban J connectivity index is 1.62. The monoisotopic (exact) mass is 252 g/mol. The Kier molecular flexibility index (Phi) is 3.10. The van der Waals surface area contributed by atoms with Crippen molar-refractivity contribution in [3.05, 3.63) is 0 Å². The average Bonchev–Trinajstić information content (AvgIpc) is 2.77. The number of fused-ring (bicyclic) bond motifs is 1. The minimum Gasteiger partial charge on any atom is -0.390 e. The van der Waals surface area contributed by atoms with Gasteiger partial charge in [0.2, 0.25) is 5.91 Å². The fraction of sp³-hybridized carbons (Fsp3) is 0.929. The van der Waals surface area contributed by atoms with E-state index in [2.05, 4.69) is 9.80 Å². The first-order chi connectivity index (χ1) is 8.55. The van der Waals surface area contributed by atoms with Crippen molar-refractivity contribution in [3.63, 3.8) is 0 Å². The number of hydrogen-bond acceptors (Lipinski definition) is 3. The van der Waals surface area contributed by atoms with Gasteiger partial charge in [0, 0.05) is 38.1 Å². The van der Waals surface area contributed by atoms with Gasteiger partial charge in [0.15, 0.2) is 0 Å². The lowest BCUT2D eigenvalue weighted by Gasteiger charge is -2.44. The number of amides is 1. The second-order valence-corrected chi connectivity index (χ2v) is 6.51. The summed E-state index contributed by atoms with van der Waals surface area (Å²) in [4.78, 5) is 16.6. The van der Waals surface area contributed by atoms with Crippen LogP contribution in [0.5, 0.6) is 0 Å². The van der Waals surface area contributed by atoms with Gasteiger partial charge in [-0.05, 0) is 39.0 Å². The summed E-state index contributed by atoms with van der Waals surface area (Å²) in [5.41, 5.74) is -0.491. The van der Waals surface area contributed by atoms with Gasteiger partial charge >= 0.3 is 0 Å². The molecule has 0 spiro atoms. The number of rotatable bonds is 1. The van der Waals surface area contributed by atoms with Crippen LogP contribution in [0.1, 0.15) is 45.4 Å². The van der Waals surface area contributed by atoms with Crippen molar-refractivity contribution in [2.24, 2.45) is 0 Å². The molecule has 4 heteroatoms. The number of carbonyl (C=O) groups excluding carboxylic acids is 1. The highest BCUT2D eigenvalue weighted by atomic mass is 16.3. The van der Waals surface area contributed by atoms with Crippen molar-refractivity contribution < 1.29 is 9.90 Å². The van der Waals surface area contributed by atoms with Gasteiger partial charge in [-0.15, -0.1) is 0 Å². The summed E-state index contributed by atoms with van der Waals surface area (Å²) in [5, 5.41) is 9.99. The largest absolute Gasteiger partial charge is 0.390 e. The average molecular weight is 252 g/mol. The van der Waals surface area contributed by atoms with E-state index in [0.29, 0.717) is 24.4 Å². The van der Waals surface area contributed by atoms with Crippen LogP contribution in [0.15, 0.2) is 0 Å². The third-order valence-electron chi connectivity index (χ3n) is 5.04. The van der Waals surface area contributed by atoms with Crippen LogP contribution in [0.4, 0.5) is 0 Å². The number of nitrogens with zero attached hydrogens (tertiary/aromatic N) is 2. The van der Waals surface area contributed by atoms with Crippen molar-refractivity contribution in [2.75, 3.05) is 19.6 Å². The maximum Gasteiger partial charge on any atom is 0.224 e. The maximum atomic E-state index is 12.1. The van der Waals surface area contributed by atoms with Crippen LogP contribution >= 0.6 is 0 Å². The van der Waals surface area contributed by atoms with Gasteiger partial charge in [-0.25, -0.2) is 0 Å². The zero-order valence-corrected chi connectivity index (χ0v) is 11.3. The third kappa shape index (κ3) is 2.28. The molecule has 3 fully saturated rings. The fourth-order valence-electron chi connectivity index (χ4n) is 3.77. The number of aliphatic hydroxyl groups is 1. The molecule has 1 N–H and O–H groups in total. The number of hydrogen-bond donors (Lipinski definition) is 1. The van der Waals surface area contributed by atoms with E-state index in [4.69, 9.17) is 0 Å². The lowest BCUT2D eigenvalue weighted by Crippen LogP contribution is -2.53. The number of likely N-dealkylation sites (tertiary alicyclic amines) is 1. The van der Waals surface area contributed by atoms with Gasteiger partial charge < -0.3 is 10.0 Å². The van der Waals surface area contributed by atoms with Crippen LogP contribution < -0.4 is 0 Å². The van der Waals surface area contributed by atoms with Gasteiger partial charge in [0.05, 0.1) is 5.60 Å². The van der Waals surface area contributed by atoms with E-state index in [1.54, 1.807) is 0 Å². The highest BCUT2D eigenvalue weighted by Crippen LogP contribution is 2.32. The predicted molar refractivity (Wildman–Crippen MR) is 69.2 cm³/mol. The van der Waals surface area contributed by atoms with E-state index in [9.17, 15) is 9.90 Å². The first kappa shape index (κ1) is 12.4. The molecule has 0 aromatic heterocycles. The molecule has 1 amide bonds. The lowest BCUT2D eigenvalue weighted by atomic mass is 9.89. The van der Waals surface area contributed by atoms with Gasteiger partial charge in [0.1, 0.15) is 0 Å². The van der Waals surface area contributed by atoms with E-state index >= 15 is 0 Å². The zero-order chi connectivity index (χ0) is 12.8. The van der Waals surface area contributed by atoms with Crippen molar-refractivity contribution in [2.45, 2.75) is 63.1 Å². The Bertz CT molecular complexity index is 333. The summed E-state index contributed by atoms with van der Waals surface area (Å²) in [7, 11) is 0. The molecular weight excluding hydrogens is 228 g/mol. The second-order valence-electron chi connectivity index (χ2n) is 6.51. The first-order valence-corrected chi connectivity index (χ1v) is 7.31. The van der Waals surface area contributed by atoms with Crippen LogP contribution in [0.25, 0.3) is 0 Å². The fourth-order valence-corrected chi connectivity index (χ4v) is 3.77. The summed E-state index contributed by atoms with van der Waals surface area (Å²) in [5.74, 6) is 0.353.